The third-order valence-corrected chi connectivity index (χ3v) is 7.89. The number of hydrogen-bond donors (Lipinski definition) is 2. The van der Waals surface area contributed by atoms with Crippen LogP contribution in [0.1, 0.15) is 174 Å². The molecule has 0 aliphatic heterocycles. The highest BCUT2D eigenvalue weighted by Gasteiger charge is 2.21. The van der Waals surface area contributed by atoms with Gasteiger partial charge in [-0.15, -0.1) is 0 Å². The zero-order chi connectivity index (χ0) is 29.6. The maximum Gasteiger partial charge on any atom is 0.469 e. The number of carbonyl (C=O) groups is 1. The van der Waals surface area contributed by atoms with Crippen LogP contribution in [0.15, 0.2) is 0 Å². The Balaban J connectivity index is 3.82. The van der Waals surface area contributed by atoms with Crippen LogP contribution in [0.4, 0.5) is 0 Å². The van der Waals surface area contributed by atoms with Gasteiger partial charge in [0.2, 0.25) is 0 Å². The van der Waals surface area contributed by atoms with Crippen molar-refractivity contribution in [2.45, 2.75) is 180 Å². The lowest BCUT2D eigenvalue weighted by Gasteiger charge is -2.18. The van der Waals surface area contributed by atoms with Gasteiger partial charge in [-0.1, -0.05) is 155 Å². The Kier molecular flexibility index (Phi) is 29.7. The molecule has 0 radical (unpaired) electrons. The molecule has 0 amide bonds. The van der Waals surface area contributed by atoms with Gasteiger partial charge in [0.25, 0.3) is 0 Å². The van der Waals surface area contributed by atoms with Gasteiger partial charge in [0.1, 0.15) is 6.10 Å². The van der Waals surface area contributed by atoms with Gasteiger partial charge in [-0.25, -0.2) is 4.57 Å². The highest BCUT2D eigenvalue weighted by atomic mass is 31.2. The molecule has 0 fully saturated rings. The molecule has 40 heavy (non-hydrogen) atoms. The quantitative estimate of drug-likeness (QED) is 0.0455. The molecule has 0 saturated carbocycles. The van der Waals surface area contributed by atoms with Gasteiger partial charge in [-0.2, -0.15) is 0 Å². The summed E-state index contributed by atoms with van der Waals surface area (Å²) in [6.45, 7) is 4.75. The number of esters is 1. The van der Waals surface area contributed by atoms with Crippen LogP contribution in [0.3, 0.4) is 0 Å². The van der Waals surface area contributed by atoms with E-state index in [4.69, 9.17) is 19.3 Å². The molecule has 8 heteroatoms. The van der Waals surface area contributed by atoms with Crippen molar-refractivity contribution in [2.75, 3.05) is 19.8 Å². The third-order valence-electron chi connectivity index (χ3n) is 7.41. The zero-order valence-electron chi connectivity index (χ0n) is 26.3. The molecule has 0 heterocycles. The molecule has 0 aliphatic carbocycles. The molecule has 0 bridgehead atoms. The maximum atomic E-state index is 12.3. The molecule has 0 saturated heterocycles. The second-order valence-electron chi connectivity index (χ2n) is 11.5. The molecule has 0 rings (SSSR count). The van der Waals surface area contributed by atoms with E-state index in [2.05, 4.69) is 18.4 Å². The van der Waals surface area contributed by atoms with E-state index >= 15 is 0 Å². The molecule has 0 spiro atoms. The Bertz CT molecular complexity index is 582. The summed E-state index contributed by atoms with van der Waals surface area (Å²) in [6.07, 6.45) is 29.5. The molecule has 2 N–H and O–H groups in total. The minimum absolute atomic E-state index is 0.0855. The first-order valence-electron chi connectivity index (χ1n) is 16.9. The minimum Gasteiger partial charge on any atom is -0.457 e. The number of phosphoric acid groups is 1. The fraction of sp³-hybridized carbons (Fsp3) is 0.969. The number of phosphoric ester groups is 1. The largest absolute Gasteiger partial charge is 0.469 e. The molecular weight excluding hydrogens is 527 g/mol. The van der Waals surface area contributed by atoms with Crippen LogP contribution >= 0.6 is 7.82 Å². The number of rotatable bonds is 32. The van der Waals surface area contributed by atoms with Crippen molar-refractivity contribution in [3.05, 3.63) is 0 Å². The Morgan fingerprint density at radius 3 is 1.35 bits per heavy atom. The van der Waals surface area contributed by atoms with E-state index in [0.29, 0.717) is 13.0 Å². The fourth-order valence-corrected chi connectivity index (χ4v) is 5.27. The first kappa shape index (κ1) is 39.5. The lowest BCUT2D eigenvalue weighted by Crippen LogP contribution is -2.28. The molecule has 7 nitrogen and oxygen atoms in total. The molecule has 0 aromatic carbocycles. The summed E-state index contributed by atoms with van der Waals surface area (Å²) in [5.41, 5.74) is 0. The topological polar surface area (TPSA) is 102 Å². The number of unbranched alkanes of at least 4 members (excludes halogenated alkanes) is 22. The number of ether oxygens (including phenoxy) is 2. The second kappa shape index (κ2) is 30.0. The summed E-state index contributed by atoms with van der Waals surface area (Å²) in [5.74, 6) is -0.362. The maximum absolute atomic E-state index is 12.3. The van der Waals surface area contributed by atoms with E-state index in [9.17, 15) is 9.36 Å². The first-order valence-corrected chi connectivity index (χ1v) is 18.4. The average molecular weight is 593 g/mol. The average Bonchev–Trinajstić information content (AvgIpc) is 2.92. The van der Waals surface area contributed by atoms with Crippen molar-refractivity contribution in [2.24, 2.45) is 0 Å². The second-order valence-corrected chi connectivity index (χ2v) is 12.7. The SMILES string of the molecule is CCCCCCCCCCCCCCCCOC[C@H](COP(=O)(O)O)OC(=O)CCCCCCCCCCCC. The summed E-state index contributed by atoms with van der Waals surface area (Å²) in [6, 6.07) is 0. The fourth-order valence-electron chi connectivity index (χ4n) is 4.91. The van der Waals surface area contributed by atoms with Crippen LogP contribution in [0.25, 0.3) is 0 Å². The van der Waals surface area contributed by atoms with E-state index in [1.165, 1.54) is 122 Å². The van der Waals surface area contributed by atoms with E-state index in [0.717, 1.165) is 32.1 Å². The monoisotopic (exact) mass is 592 g/mol. The summed E-state index contributed by atoms with van der Waals surface area (Å²) in [4.78, 5) is 30.3. The summed E-state index contributed by atoms with van der Waals surface area (Å²) < 4.78 is 26.8. The van der Waals surface area contributed by atoms with Crippen LogP contribution < -0.4 is 0 Å². The van der Waals surface area contributed by atoms with Gasteiger partial charge < -0.3 is 19.3 Å². The predicted molar refractivity (Wildman–Crippen MR) is 165 cm³/mol. The highest BCUT2D eigenvalue weighted by molar-refractivity contribution is 7.46. The van der Waals surface area contributed by atoms with Crippen molar-refractivity contribution in [3.63, 3.8) is 0 Å². The van der Waals surface area contributed by atoms with Crippen LogP contribution in [0.5, 0.6) is 0 Å². The van der Waals surface area contributed by atoms with Crippen LogP contribution in [0.2, 0.25) is 0 Å². The Labute approximate surface area is 247 Å². The minimum atomic E-state index is -4.63. The van der Waals surface area contributed by atoms with Gasteiger partial charge in [-0.05, 0) is 12.8 Å². The van der Waals surface area contributed by atoms with E-state index in [1.807, 2.05) is 0 Å². The molecule has 0 aromatic heterocycles. The normalized spacial score (nSPS) is 12.6. The van der Waals surface area contributed by atoms with Crippen LogP contribution in [-0.2, 0) is 23.4 Å². The van der Waals surface area contributed by atoms with Gasteiger partial charge in [0.05, 0.1) is 13.2 Å². The summed E-state index contributed by atoms with van der Waals surface area (Å²) in [5, 5.41) is 0. The van der Waals surface area contributed by atoms with Gasteiger partial charge in [0, 0.05) is 13.0 Å². The van der Waals surface area contributed by atoms with Crippen molar-refractivity contribution in [3.8, 4) is 0 Å². The summed E-state index contributed by atoms with van der Waals surface area (Å²) >= 11 is 0. The van der Waals surface area contributed by atoms with Crippen LogP contribution in [-0.4, -0.2) is 41.7 Å². The number of carbonyl (C=O) groups excluding carboxylic acids is 1. The van der Waals surface area contributed by atoms with Crippen LogP contribution in [0, 0.1) is 0 Å². The molecule has 0 aromatic rings. The van der Waals surface area contributed by atoms with Gasteiger partial charge in [-0.3, -0.25) is 9.32 Å². The summed E-state index contributed by atoms with van der Waals surface area (Å²) in [7, 11) is -4.63. The molecular formula is C32H65O7P. The van der Waals surface area contributed by atoms with E-state index in [1.54, 1.807) is 0 Å². The highest BCUT2D eigenvalue weighted by Crippen LogP contribution is 2.35. The first-order chi connectivity index (χ1) is 19.4. The predicted octanol–water partition coefficient (Wildman–Crippen LogP) is 9.82. The van der Waals surface area contributed by atoms with Crippen molar-refractivity contribution in [1.29, 1.82) is 0 Å². The van der Waals surface area contributed by atoms with E-state index < -0.39 is 13.9 Å². The number of hydrogen-bond acceptors (Lipinski definition) is 5. The zero-order valence-corrected chi connectivity index (χ0v) is 27.2. The Morgan fingerprint density at radius 2 is 0.950 bits per heavy atom. The van der Waals surface area contributed by atoms with Gasteiger partial charge >= 0.3 is 13.8 Å². The lowest BCUT2D eigenvalue weighted by atomic mass is 10.0. The Morgan fingerprint density at radius 1 is 0.575 bits per heavy atom. The van der Waals surface area contributed by atoms with Crippen molar-refractivity contribution < 1.29 is 33.1 Å². The third kappa shape index (κ3) is 32.1. The lowest BCUT2D eigenvalue weighted by molar-refractivity contribution is -0.154. The van der Waals surface area contributed by atoms with Crippen molar-refractivity contribution in [1.82, 2.24) is 0 Å². The molecule has 1 atom stereocenters. The smallest absolute Gasteiger partial charge is 0.457 e. The van der Waals surface area contributed by atoms with Crippen molar-refractivity contribution >= 4 is 13.8 Å². The molecule has 0 unspecified atom stereocenters. The van der Waals surface area contributed by atoms with Gasteiger partial charge in [0.15, 0.2) is 0 Å². The standard InChI is InChI=1S/C32H65O7P/c1-3-5-7-9-11-13-15-16-17-18-20-22-24-26-28-37-29-31(30-38-40(34,35)36)39-32(33)27-25-23-21-19-14-12-10-8-6-4-2/h31H,3-30H2,1-2H3,(H2,34,35,36)/t31-/m1/s1. The van der Waals surface area contributed by atoms with E-state index in [-0.39, 0.29) is 19.2 Å². The molecule has 0 aliphatic rings. The molecule has 240 valence electrons. The Hall–Kier alpha value is -0.460.